The topological polar surface area (TPSA) is 80.2 Å². The van der Waals surface area contributed by atoms with Crippen LogP contribution in [-0.4, -0.2) is 44.8 Å². The highest BCUT2D eigenvalue weighted by Crippen LogP contribution is 2.32. The number of nitrogens with one attached hydrogen (secondary N) is 1. The number of methoxy groups -OCH3 is 1. The maximum Gasteiger partial charge on any atom is 0.343 e. The lowest BCUT2D eigenvalue weighted by atomic mass is 10.1. The molecule has 2 aromatic rings. The van der Waals surface area contributed by atoms with Crippen molar-refractivity contribution in [2.45, 2.75) is 37.9 Å². The first-order chi connectivity index (χ1) is 11.6. The third-order valence-electron chi connectivity index (χ3n) is 4.90. The molecule has 4 rings (SSSR count). The van der Waals surface area contributed by atoms with Crippen molar-refractivity contribution in [1.29, 1.82) is 0 Å². The second-order valence-corrected chi connectivity index (χ2v) is 6.21. The number of halogens is 1. The van der Waals surface area contributed by atoms with E-state index in [4.69, 9.17) is 4.74 Å². The average Bonchev–Trinajstić information content (AvgIpc) is 3.05. The van der Waals surface area contributed by atoms with Crippen molar-refractivity contribution in [3.8, 4) is 5.75 Å². The van der Waals surface area contributed by atoms with Crippen LogP contribution in [0.5, 0.6) is 5.75 Å². The Morgan fingerprint density at radius 1 is 1.38 bits per heavy atom. The number of nitrogens with zero attached hydrogens (tertiary/aromatic N) is 3. The molecule has 8 heteroatoms. The second-order valence-electron chi connectivity index (χ2n) is 6.21. The van der Waals surface area contributed by atoms with Crippen molar-refractivity contribution >= 4 is 5.91 Å². The Bertz CT molecular complexity index is 859. The van der Waals surface area contributed by atoms with E-state index in [2.05, 4.69) is 10.2 Å². The fourth-order valence-electron chi connectivity index (χ4n) is 3.74. The molecule has 2 bridgehead atoms. The van der Waals surface area contributed by atoms with Gasteiger partial charge in [0.05, 0.1) is 13.2 Å². The second kappa shape index (κ2) is 5.47. The van der Waals surface area contributed by atoms with Crippen molar-refractivity contribution in [3.63, 3.8) is 0 Å². The summed E-state index contributed by atoms with van der Waals surface area (Å²) in [6.45, 7) is 0.422. The van der Waals surface area contributed by atoms with Crippen molar-refractivity contribution in [1.82, 2.24) is 19.7 Å². The van der Waals surface area contributed by atoms with Gasteiger partial charge >= 0.3 is 5.69 Å². The molecule has 1 aromatic heterocycles. The lowest BCUT2D eigenvalue weighted by Crippen LogP contribution is -2.42. The fourth-order valence-corrected chi connectivity index (χ4v) is 3.74. The molecule has 0 spiro atoms. The van der Waals surface area contributed by atoms with Crippen LogP contribution < -0.4 is 10.4 Å². The van der Waals surface area contributed by atoms with Crippen molar-refractivity contribution in [3.05, 3.63) is 45.9 Å². The average molecular weight is 332 g/mol. The van der Waals surface area contributed by atoms with Crippen LogP contribution in [0.25, 0.3) is 0 Å². The molecule has 24 heavy (non-hydrogen) atoms. The molecule has 1 fully saturated rings. The summed E-state index contributed by atoms with van der Waals surface area (Å²) in [5.74, 6) is 0.00379. The largest absolute Gasteiger partial charge is 0.494 e. The minimum atomic E-state index is -0.560. The molecule has 2 unspecified atom stereocenters. The number of hydrogen-bond acceptors (Lipinski definition) is 4. The zero-order valence-electron chi connectivity index (χ0n) is 13.2. The van der Waals surface area contributed by atoms with Crippen LogP contribution in [0.2, 0.25) is 0 Å². The molecule has 7 nitrogen and oxygen atoms in total. The van der Waals surface area contributed by atoms with Gasteiger partial charge in [0.25, 0.3) is 5.91 Å². The number of carbonyl (C=O) groups is 1. The zero-order valence-corrected chi connectivity index (χ0v) is 13.2. The summed E-state index contributed by atoms with van der Waals surface area (Å²) in [6.07, 6.45) is 2.21. The fraction of sp³-hybridized carbons (Fsp3) is 0.438. The molecule has 1 aromatic carbocycles. The van der Waals surface area contributed by atoms with Crippen LogP contribution in [-0.2, 0) is 13.0 Å². The standard InChI is InChI=1S/C16H17FN4O3/c1-24-13-5-2-9(6-12(13)17)15(22)21-10-3-4-11(21)8-20-14(7-10)18-19-16(20)23/h2,5-6,10-11H,3-4,7-8H2,1H3,(H,19,23). The van der Waals surface area contributed by atoms with Gasteiger partial charge in [-0.3, -0.25) is 9.36 Å². The minimum absolute atomic E-state index is 0.0240. The summed E-state index contributed by atoms with van der Waals surface area (Å²) < 4.78 is 20.4. The van der Waals surface area contributed by atoms with Crippen LogP contribution in [0.1, 0.15) is 29.0 Å². The molecule has 1 saturated heterocycles. The number of H-pyrrole nitrogens is 1. The Labute approximate surface area is 137 Å². The lowest BCUT2D eigenvalue weighted by molar-refractivity contribution is 0.0664. The highest BCUT2D eigenvalue weighted by atomic mass is 19.1. The molecule has 0 radical (unpaired) electrons. The molecule has 126 valence electrons. The summed E-state index contributed by atoms with van der Waals surface area (Å²) in [5, 5.41) is 6.51. The minimum Gasteiger partial charge on any atom is -0.494 e. The summed E-state index contributed by atoms with van der Waals surface area (Å²) in [4.78, 5) is 26.5. The highest BCUT2D eigenvalue weighted by Gasteiger charge is 2.41. The van der Waals surface area contributed by atoms with Crippen molar-refractivity contribution in [2.24, 2.45) is 0 Å². The number of carbonyl (C=O) groups excluding carboxylic acids is 1. The van der Waals surface area contributed by atoms with E-state index >= 15 is 0 Å². The van der Waals surface area contributed by atoms with E-state index in [0.717, 1.165) is 12.8 Å². The summed E-state index contributed by atoms with van der Waals surface area (Å²) in [5.41, 5.74) is 0.0408. The highest BCUT2D eigenvalue weighted by molar-refractivity contribution is 5.95. The van der Waals surface area contributed by atoms with Gasteiger partial charge in [-0.25, -0.2) is 14.3 Å². The van der Waals surface area contributed by atoms with Crippen molar-refractivity contribution < 1.29 is 13.9 Å². The number of amides is 1. The lowest BCUT2D eigenvalue weighted by Gasteiger charge is -2.28. The maximum absolute atomic E-state index is 13.9. The first kappa shape index (κ1) is 14.9. The van der Waals surface area contributed by atoms with E-state index in [1.54, 1.807) is 15.5 Å². The quantitative estimate of drug-likeness (QED) is 0.888. The normalized spacial score (nSPS) is 22.2. The van der Waals surface area contributed by atoms with Gasteiger partial charge in [-0.15, -0.1) is 0 Å². The number of ether oxygens (including phenoxy) is 1. The molecule has 2 aliphatic rings. The number of rotatable bonds is 2. The van der Waals surface area contributed by atoms with Crippen LogP contribution in [0.15, 0.2) is 23.0 Å². The van der Waals surface area contributed by atoms with Gasteiger partial charge in [-0.1, -0.05) is 0 Å². The Balaban J connectivity index is 1.66. The van der Waals surface area contributed by atoms with Gasteiger partial charge in [0.2, 0.25) is 0 Å². The van der Waals surface area contributed by atoms with Gasteiger partial charge in [-0.2, -0.15) is 5.10 Å². The van der Waals surface area contributed by atoms with E-state index in [1.165, 1.54) is 19.2 Å². The third kappa shape index (κ3) is 2.21. The van der Waals surface area contributed by atoms with E-state index in [9.17, 15) is 14.0 Å². The molecule has 2 atom stereocenters. The molecule has 1 N–H and O–H groups in total. The molecule has 3 heterocycles. The summed E-state index contributed by atoms with van der Waals surface area (Å²) in [7, 11) is 1.38. The van der Waals surface area contributed by atoms with Gasteiger partial charge in [0, 0.05) is 24.6 Å². The Morgan fingerprint density at radius 3 is 2.92 bits per heavy atom. The molecule has 0 aliphatic carbocycles. The zero-order chi connectivity index (χ0) is 16.8. The predicted molar refractivity (Wildman–Crippen MR) is 82.5 cm³/mol. The van der Waals surface area contributed by atoms with Crippen LogP contribution >= 0.6 is 0 Å². The number of benzene rings is 1. The maximum atomic E-state index is 13.9. The van der Waals surface area contributed by atoms with E-state index in [-0.39, 0.29) is 29.4 Å². The van der Waals surface area contributed by atoms with E-state index in [0.29, 0.717) is 24.4 Å². The first-order valence-corrected chi connectivity index (χ1v) is 7.88. The van der Waals surface area contributed by atoms with Gasteiger partial charge < -0.3 is 9.64 Å². The smallest absolute Gasteiger partial charge is 0.343 e. The van der Waals surface area contributed by atoms with Gasteiger partial charge in [-0.05, 0) is 31.0 Å². The van der Waals surface area contributed by atoms with E-state index < -0.39 is 5.82 Å². The Kier molecular flexibility index (Phi) is 3.40. The summed E-state index contributed by atoms with van der Waals surface area (Å²) >= 11 is 0. The van der Waals surface area contributed by atoms with Crippen molar-refractivity contribution in [2.75, 3.05) is 7.11 Å². The van der Waals surface area contributed by atoms with Crippen LogP contribution in [0.3, 0.4) is 0 Å². The Hall–Kier alpha value is -2.64. The predicted octanol–water partition coefficient (Wildman–Crippen LogP) is 0.949. The molecule has 1 amide bonds. The number of hydrogen-bond donors (Lipinski definition) is 1. The van der Waals surface area contributed by atoms with E-state index in [1.807, 2.05) is 0 Å². The number of aromatic nitrogens is 3. The first-order valence-electron chi connectivity index (χ1n) is 7.88. The third-order valence-corrected chi connectivity index (χ3v) is 4.90. The Morgan fingerprint density at radius 2 is 2.17 bits per heavy atom. The number of aromatic amines is 1. The van der Waals surface area contributed by atoms with Crippen LogP contribution in [0.4, 0.5) is 4.39 Å². The van der Waals surface area contributed by atoms with Gasteiger partial charge in [0.15, 0.2) is 11.6 Å². The molecule has 2 aliphatic heterocycles. The molecule has 0 saturated carbocycles. The molecular weight excluding hydrogens is 315 g/mol. The van der Waals surface area contributed by atoms with Gasteiger partial charge in [0.1, 0.15) is 5.82 Å². The van der Waals surface area contributed by atoms with Crippen LogP contribution in [0, 0.1) is 5.82 Å². The molecular formula is C16H17FN4O3. The summed E-state index contributed by atoms with van der Waals surface area (Å²) in [6, 6.07) is 4.13. The number of fused-ring (bicyclic) bond motifs is 3. The monoisotopic (exact) mass is 332 g/mol. The SMILES string of the molecule is COc1ccc(C(=O)N2C3CCC2Cn2c(n[nH]c2=O)C3)cc1F.